The quantitative estimate of drug-likeness (QED) is 0.285. The largest absolute Gasteiger partial charge is 0.357 e. The normalized spacial score (nSPS) is 17.5. The van der Waals surface area contributed by atoms with E-state index in [1.165, 1.54) is 21.5 Å². The summed E-state index contributed by atoms with van der Waals surface area (Å²) in [6.45, 7) is 8.18. The molecule has 0 spiro atoms. The van der Waals surface area contributed by atoms with E-state index >= 15 is 0 Å². The SMILES string of the molecule is CC1=Nc2cc3ccccc3cc2N/C(C)=C\C(C)=Nc2cc3ccccc3cc2N/C(C)=C\1. The van der Waals surface area contributed by atoms with Crippen molar-refractivity contribution in [3.05, 3.63) is 96.3 Å². The van der Waals surface area contributed by atoms with Gasteiger partial charge in [0.25, 0.3) is 0 Å². The lowest BCUT2D eigenvalue weighted by molar-refractivity contribution is 1.34. The van der Waals surface area contributed by atoms with Crippen molar-refractivity contribution in [2.24, 2.45) is 9.98 Å². The van der Waals surface area contributed by atoms with Crippen LogP contribution in [0.1, 0.15) is 27.7 Å². The van der Waals surface area contributed by atoms with Crippen molar-refractivity contribution in [1.29, 1.82) is 0 Å². The Bertz CT molecular complexity index is 1420. The van der Waals surface area contributed by atoms with Gasteiger partial charge in [0.2, 0.25) is 0 Å². The summed E-state index contributed by atoms with van der Waals surface area (Å²) in [5.74, 6) is 0. The molecule has 2 N–H and O–H groups in total. The van der Waals surface area contributed by atoms with Gasteiger partial charge in [-0.3, -0.25) is 9.98 Å². The average molecular weight is 445 g/mol. The lowest BCUT2D eigenvalue weighted by Crippen LogP contribution is -2.02. The van der Waals surface area contributed by atoms with Crippen LogP contribution in [0.5, 0.6) is 0 Å². The van der Waals surface area contributed by atoms with Crippen LogP contribution in [-0.4, -0.2) is 11.4 Å². The second-order valence-corrected chi connectivity index (χ2v) is 8.84. The molecule has 1 aliphatic rings. The molecule has 5 rings (SSSR count). The first-order chi connectivity index (χ1) is 16.4. The summed E-state index contributed by atoms with van der Waals surface area (Å²) in [7, 11) is 0. The number of hydrogen-bond donors (Lipinski definition) is 2. The van der Waals surface area contributed by atoms with Crippen molar-refractivity contribution in [2.45, 2.75) is 27.7 Å². The third-order valence-electron chi connectivity index (χ3n) is 5.84. The molecule has 0 saturated carbocycles. The summed E-state index contributed by atoms with van der Waals surface area (Å²) in [4.78, 5) is 9.94. The van der Waals surface area contributed by atoms with Gasteiger partial charge in [-0.15, -0.1) is 0 Å². The molecule has 4 aromatic carbocycles. The fourth-order valence-electron chi connectivity index (χ4n) is 4.41. The number of aliphatic imine (C=N–C) groups is 2. The van der Waals surface area contributed by atoms with Crippen LogP contribution in [0.3, 0.4) is 0 Å². The van der Waals surface area contributed by atoms with E-state index in [0.29, 0.717) is 0 Å². The van der Waals surface area contributed by atoms with Crippen molar-refractivity contribution in [2.75, 3.05) is 10.6 Å². The number of allylic oxidation sites excluding steroid dienone is 4. The van der Waals surface area contributed by atoms with Gasteiger partial charge in [0.05, 0.1) is 22.7 Å². The highest BCUT2D eigenvalue weighted by Gasteiger charge is 2.09. The number of nitrogens with one attached hydrogen (secondary N) is 2. The van der Waals surface area contributed by atoms with Crippen LogP contribution in [0.2, 0.25) is 0 Å². The number of nitrogens with zero attached hydrogens (tertiary/aromatic N) is 2. The lowest BCUT2D eigenvalue weighted by atomic mass is 10.1. The molecule has 4 heteroatoms. The minimum absolute atomic E-state index is 0.908. The van der Waals surface area contributed by atoms with Gasteiger partial charge in [-0.05, 0) is 85.7 Å². The summed E-state index contributed by atoms with van der Waals surface area (Å²) in [5.41, 5.74) is 7.61. The number of rotatable bonds is 0. The first-order valence-electron chi connectivity index (χ1n) is 11.5. The maximum Gasteiger partial charge on any atom is 0.0873 e. The summed E-state index contributed by atoms with van der Waals surface area (Å²) in [5, 5.41) is 11.8. The van der Waals surface area contributed by atoms with Gasteiger partial charge in [-0.1, -0.05) is 48.5 Å². The maximum absolute atomic E-state index is 4.97. The molecule has 0 saturated heterocycles. The Morgan fingerprint density at radius 2 is 0.853 bits per heavy atom. The Morgan fingerprint density at radius 3 is 1.24 bits per heavy atom. The van der Waals surface area contributed by atoms with E-state index in [2.05, 4.69) is 109 Å². The van der Waals surface area contributed by atoms with Gasteiger partial charge in [0.1, 0.15) is 0 Å². The van der Waals surface area contributed by atoms with Crippen molar-refractivity contribution in [1.82, 2.24) is 0 Å². The van der Waals surface area contributed by atoms with Crippen molar-refractivity contribution in [3.63, 3.8) is 0 Å². The third-order valence-corrected chi connectivity index (χ3v) is 5.84. The number of hydrogen-bond acceptors (Lipinski definition) is 4. The molecular formula is C30H28N4. The van der Waals surface area contributed by atoms with Crippen molar-refractivity contribution >= 4 is 55.7 Å². The predicted molar refractivity (Wildman–Crippen MR) is 148 cm³/mol. The average Bonchev–Trinajstić information content (AvgIpc) is 2.79. The summed E-state index contributed by atoms with van der Waals surface area (Å²) < 4.78 is 0. The standard InChI is InChI=1S/C30H28N4/c1-19-13-20(2)32-29-17-25-11-7-8-12-26(25)18-30(29)34-22(4)14-21(3)33-28-16-24-10-6-5-9-23(24)15-27(28)31-19/h5-18,31,34H,1-4H3/b19-13-,22-14-,32-20?,33-21?. The zero-order valence-electron chi connectivity index (χ0n) is 20.0. The molecule has 0 atom stereocenters. The number of fused-ring (bicyclic) bond motifs is 4. The second-order valence-electron chi connectivity index (χ2n) is 8.84. The highest BCUT2D eigenvalue weighted by molar-refractivity contribution is 6.02. The molecule has 0 bridgehead atoms. The Kier molecular flexibility index (Phi) is 5.72. The monoisotopic (exact) mass is 444 g/mol. The van der Waals surface area contributed by atoms with E-state index in [4.69, 9.17) is 9.98 Å². The smallest absolute Gasteiger partial charge is 0.0873 e. The van der Waals surface area contributed by atoms with E-state index in [9.17, 15) is 0 Å². The first kappa shape index (κ1) is 21.7. The Hall–Kier alpha value is -4.18. The van der Waals surface area contributed by atoms with Crippen LogP contribution < -0.4 is 10.6 Å². The highest BCUT2D eigenvalue weighted by Crippen LogP contribution is 2.34. The van der Waals surface area contributed by atoms with Gasteiger partial charge in [0, 0.05) is 22.8 Å². The Balaban J connectivity index is 1.68. The molecule has 0 amide bonds. The Labute approximate surface area is 200 Å². The molecule has 0 aromatic heterocycles. The van der Waals surface area contributed by atoms with Gasteiger partial charge in [-0.2, -0.15) is 0 Å². The van der Waals surface area contributed by atoms with Gasteiger partial charge >= 0.3 is 0 Å². The van der Waals surface area contributed by atoms with Crippen LogP contribution in [-0.2, 0) is 0 Å². The lowest BCUT2D eigenvalue weighted by Gasteiger charge is -2.15. The molecule has 168 valence electrons. The van der Waals surface area contributed by atoms with E-state index in [-0.39, 0.29) is 0 Å². The minimum Gasteiger partial charge on any atom is -0.357 e. The minimum atomic E-state index is 0.908. The molecule has 34 heavy (non-hydrogen) atoms. The fourth-order valence-corrected chi connectivity index (χ4v) is 4.41. The summed E-state index contributed by atoms with van der Waals surface area (Å²) >= 11 is 0. The van der Waals surface area contributed by atoms with Crippen molar-refractivity contribution in [3.8, 4) is 0 Å². The van der Waals surface area contributed by atoms with E-state index < -0.39 is 0 Å². The second kappa shape index (κ2) is 8.99. The Morgan fingerprint density at radius 1 is 0.500 bits per heavy atom. The van der Waals surface area contributed by atoms with E-state index in [1.807, 2.05) is 13.8 Å². The van der Waals surface area contributed by atoms with Crippen LogP contribution in [0, 0.1) is 0 Å². The molecular weight excluding hydrogens is 416 g/mol. The number of benzene rings is 4. The molecule has 0 fully saturated rings. The molecule has 0 unspecified atom stereocenters. The zero-order valence-corrected chi connectivity index (χ0v) is 20.0. The molecule has 0 radical (unpaired) electrons. The van der Waals surface area contributed by atoms with Gasteiger partial charge in [-0.25, -0.2) is 0 Å². The predicted octanol–water partition coefficient (Wildman–Crippen LogP) is 8.52. The van der Waals surface area contributed by atoms with Gasteiger partial charge in [0.15, 0.2) is 0 Å². The fraction of sp³-hybridized carbons (Fsp3) is 0.133. The van der Waals surface area contributed by atoms with Gasteiger partial charge < -0.3 is 10.6 Å². The maximum atomic E-state index is 4.97. The van der Waals surface area contributed by atoms with Crippen LogP contribution in [0.25, 0.3) is 21.5 Å². The van der Waals surface area contributed by atoms with Crippen LogP contribution >= 0.6 is 0 Å². The topological polar surface area (TPSA) is 48.8 Å². The molecule has 4 nitrogen and oxygen atoms in total. The van der Waals surface area contributed by atoms with E-state index in [0.717, 1.165) is 45.6 Å². The van der Waals surface area contributed by atoms with Crippen molar-refractivity contribution < 1.29 is 0 Å². The highest BCUT2D eigenvalue weighted by atomic mass is 14.9. The summed E-state index contributed by atoms with van der Waals surface area (Å²) in [6, 6.07) is 25.3. The molecule has 1 heterocycles. The molecule has 1 aliphatic heterocycles. The first-order valence-corrected chi connectivity index (χ1v) is 11.5. The number of anilines is 2. The molecule has 0 aliphatic carbocycles. The van der Waals surface area contributed by atoms with E-state index in [1.54, 1.807) is 0 Å². The zero-order chi connectivity index (χ0) is 23.7. The van der Waals surface area contributed by atoms with Crippen LogP contribution in [0.15, 0.2) is 106 Å². The van der Waals surface area contributed by atoms with Crippen LogP contribution in [0.4, 0.5) is 22.7 Å². The molecule has 4 aromatic rings. The third kappa shape index (κ3) is 4.62. The summed E-state index contributed by atoms with van der Waals surface area (Å²) in [6.07, 6.45) is 4.14.